The van der Waals surface area contributed by atoms with Crippen LogP contribution in [0.25, 0.3) is 0 Å². The van der Waals surface area contributed by atoms with E-state index < -0.39 is 15.7 Å². The van der Waals surface area contributed by atoms with Gasteiger partial charge in [0.2, 0.25) is 0 Å². The number of rotatable bonds is 2. The quantitative estimate of drug-likeness (QED) is 0.911. The summed E-state index contributed by atoms with van der Waals surface area (Å²) in [6, 6.07) is 8.06. The minimum absolute atomic E-state index is 0.196. The Morgan fingerprint density at radius 1 is 1.24 bits per heavy atom. The molecule has 0 radical (unpaired) electrons. The molecule has 1 aromatic carbocycles. The van der Waals surface area contributed by atoms with Crippen LogP contribution < -0.4 is 9.62 Å². The normalized spacial score (nSPS) is 21.9. The van der Waals surface area contributed by atoms with Gasteiger partial charge in [-0.3, -0.25) is 0 Å². The maximum absolute atomic E-state index is 12.3. The molecule has 1 spiro atoms. The number of hydrogen-bond acceptors (Lipinski definition) is 2. The summed E-state index contributed by atoms with van der Waals surface area (Å²) >= 11 is 0. The van der Waals surface area contributed by atoms with Gasteiger partial charge in [0, 0.05) is 18.3 Å². The molecule has 1 heterocycles. The lowest BCUT2D eigenvalue weighted by Crippen LogP contribution is -2.41. The third kappa shape index (κ3) is 2.46. The summed E-state index contributed by atoms with van der Waals surface area (Å²) in [4.78, 5) is 1.91. The van der Waals surface area contributed by atoms with Gasteiger partial charge in [0.15, 0.2) is 0 Å². The summed E-state index contributed by atoms with van der Waals surface area (Å²) in [5, 5.41) is 0. The van der Waals surface area contributed by atoms with E-state index in [1.54, 1.807) is 0 Å². The van der Waals surface area contributed by atoms with Crippen LogP contribution in [-0.4, -0.2) is 26.8 Å². The zero-order chi connectivity index (χ0) is 15.5. The van der Waals surface area contributed by atoms with Gasteiger partial charge in [0.25, 0.3) is 0 Å². The number of anilines is 1. The highest BCUT2D eigenvalue weighted by Gasteiger charge is 2.56. The maximum atomic E-state index is 12.3. The Bertz CT molecular complexity index is 713. The molecule has 1 N–H and O–H groups in total. The molecule has 0 bridgehead atoms. The minimum Gasteiger partial charge on any atom is -0.331 e. The number of likely N-dealkylation sites (N-methyl/N-ethyl adjacent to an activating group) is 1. The summed E-state index contributed by atoms with van der Waals surface area (Å²) in [5.74, 6) is 0.639. The van der Waals surface area contributed by atoms with Crippen LogP contribution in [0, 0.1) is 0 Å². The second kappa shape index (κ2) is 4.30. The van der Waals surface area contributed by atoms with E-state index in [2.05, 4.69) is 15.2 Å². The van der Waals surface area contributed by atoms with Crippen LogP contribution in [0.4, 0.5) is 5.69 Å². The van der Waals surface area contributed by atoms with E-state index in [0.29, 0.717) is 5.84 Å². The first-order chi connectivity index (χ1) is 9.65. The van der Waals surface area contributed by atoms with E-state index in [4.69, 9.17) is 0 Å². The predicted octanol–water partition coefficient (Wildman–Crippen LogP) is 2.20. The number of fused-ring (bicyclic) bond motifs is 2. The lowest BCUT2D eigenvalue weighted by atomic mass is 9.98. The van der Waals surface area contributed by atoms with Crippen LogP contribution in [0.15, 0.2) is 28.7 Å². The molecule has 0 amide bonds. The topological polar surface area (TPSA) is 61.8 Å². The summed E-state index contributed by atoms with van der Waals surface area (Å²) in [6.45, 7) is 5.43. The smallest absolute Gasteiger partial charge is 0.321 e. The Kier molecular flexibility index (Phi) is 2.98. The highest BCUT2D eigenvalue weighted by molar-refractivity contribution is 7.88. The van der Waals surface area contributed by atoms with E-state index >= 15 is 0 Å². The van der Waals surface area contributed by atoms with Crippen LogP contribution in [0.1, 0.15) is 39.2 Å². The van der Waals surface area contributed by atoms with Crippen LogP contribution >= 0.6 is 0 Å². The fourth-order valence-electron chi connectivity index (χ4n) is 3.02. The Morgan fingerprint density at radius 2 is 1.86 bits per heavy atom. The van der Waals surface area contributed by atoms with Crippen molar-refractivity contribution in [1.82, 2.24) is 4.72 Å². The summed E-state index contributed by atoms with van der Waals surface area (Å²) in [7, 11) is -1.82. The SMILES string of the molecule is CN1C(=NS(=O)(=O)NC(C)(C)C)C2(CC2)c2ccccc21. The van der Waals surface area contributed by atoms with Crippen molar-refractivity contribution in [3.8, 4) is 0 Å². The molecule has 3 rings (SSSR count). The average molecular weight is 307 g/mol. The Labute approximate surface area is 126 Å². The number of nitrogens with zero attached hydrogens (tertiary/aromatic N) is 2. The number of hydrogen-bond donors (Lipinski definition) is 1. The molecule has 114 valence electrons. The van der Waals surface area contributed by atoms with Gasteiger partial charge in [-0.2, -0.15) is 13.1 Å². The monoisotopic (exact) mass is 307 g/mol. The Balaban J connectivity index is 2.04. The first kappa shape index (κ1) is 14.5. The molecule has 2 aliphatic rings. The molecule has 5 nitrogen and oxygen atoms in total. The minimum atomic E-state index is -3.71. The third-order valence-corrected chi connectivity index (χ3v) is 5.20. The lowest BCUT2D eigenvalue weighted by Gasteiger charge is -2.20. The molecular formula is C15H21N3O2S. The fraction of sp³-hybridized carbons (Fsp3) is 0.533. The predicted molar refractivity (Wildman–Crippen MR) is 85.0 cm³/mol. The van der Waals surface area contributed by atoms with Crippen molar-refractivity contribution in [2.75, 3.05) is 11.9 Å². The van der Waals surface area contributed by atoms with Crippen LogP contribution in [0.3, 0.4) is 0 Å². The first-order valence-corrected chi connectivity index (χ1v) is 8.56. The highest BCUT2D eigenvalue weighted by Crippen LogP contribution is 2.57. The van der Waals surface area contributed by atoms with Gasteiger partial charge in [-0.25, -0.2) is 0 Å². The number of para-hydroxylation sites is 1. The van der Waals surface area contributed by atoms with Gasteiger partial charge in [-0.15, -0.1) is 4.40 Å². The second-order valence-electron chi connectivity index (χ2n) is 6.90. The zero-order valence-electron chi connectivity index (χ0n) is 12.8. The summed E-state index contributed by atoms with van der Waals surface area (Å²) in [6.07, 6.45) is 1.91. The van der Waals surface area contributed by atoms with Gasteiger partial charge in [0.05, 0.1) is 5.41 Å². The van der Waals surface area contributed by atoms with Crippen molar-refractivity contribution in [1.29, 1.82) is 0 Å². The van der Waals surface area contributed by atoms with E-state index in [9.17, 15) is 8.42 Å². The first-order valence-electron chi connectivity index (χ1n) is 7.12. The molecule has 0 atom stereocenters. The van der Waals surface area contributed by atoms with Crippen molar-refractivity contribution in [2.45, 2.75) is 44.6 Å². The van der Waals surface area contributed by atoms with Crippen molar-refractivity contribution in [2.24, 2.45) is 4.40 Å². The zero-order valence-corrected chi connectivity index (χ0v) is 13.7. The van der Waals surface area contributed by atoms with E-state index in [-0.39, 0.29) is 5.41 Å². The molecule has 6 heteroatoms. The molecule has 0 aromatic heterocycles. The molecule has 0 unspecified atom stereocenters. The van der Waals surface area contributed by atoms with Crippen molar-refractivity contribution < 1.29 is 8.42 Å². The second-order valence-corrected chi connectivity index (χ2v) is 8.24. The van der Waals surface area contributed by atoms with Crippen molar-refractivity contribution in [3.05, 3.63) is 29.8 Å². The van der Waals surface area contributed by atoms with Crippen molar-refractivity contribution >= 4 is 21.7 Å². The third-order valence-electron chi connectivity index (χ3n) is 3.92. The molecule has 1 fully saturated rings. The molecule has 1 aliphatic carbocycles. The average Bonchev–Trinajstić information content (AvgIpc) is 3.10. The van der Waals surface area contributed by atoms with Crippen LogP contribution in [0.2, 0.25) is 0 Å². The molecule has 0 saturated heterocycles. The van der Waals surface area contributed by atoms with E-state index in [1.807, 2.05) is 50.9 Å². The van der Waals surface area contributed by atoms with Crippen LogP contribution in [0.5, 0.6) is 0 Å². The molecular weight excluding hydrogens is 286 g/mol. The number of nitrogens with one attached hydrogen (secondary N) is 1. The largest absolute Gasteiger partial charge is 0.331 e. The number of benzene rings is 1. The Hall–Kier alpha value is -1.40. The van der Waals surface area contributed by atoms with Gasteiger partial charge < -0.3 is 4.90 Å². The maximum Gasteiger partial charge on any atom is 0.321 e. The standard InChI is InChI=1S/C15H21N3O2S/c1-14(2,3)17-21(19,20)16-13-15(9-10-15)11-7-5-6-8-12(11)18(13)4/h5-8,17H,9-10H2,1-4H3. The van der Waals surface area contributed by atoms with Gasteiger partial charge in [-0.1, -0.05) is 18.2 Å². The molecule has 1 aliphatic heterocycles. The molecule has 1 aromatic rings. The lowest BCUT2D eigenvalue weighted by molar-refractivity contribution is 0.492. The van der Waals surface area contributed by atoms with Crippen LogP contribution in [-0.2, 0) is 15.6 Å². The van der Waals surface area contributed by atoms with Gasteiger partial charge in [-0.05, 0) is 45.2 Å². The van der Waals surface area contributed by atoms with Gasteiger partial charge in [0.1, 0.15) is 5.84 Å². The van der Waals surface area contributed by atoms with E-state index in [1.165, 1.54) is 5.56 Å². The highest BCUT2D eigenvalue weighted by atomic mass is 32.2. The molecule has 21 heavy (non-hydrogen) atoms. The van der Waals surface area contributed by atoms with Crippen molar-refractivity contribution in [3.63, 3.8) is 0 Å². The van der Waals surface area contributed by atoms with Gasteiger partial charge >= 0.3 is 10.2 Å². The number of amidine groups is 1. The fourth-order valence-corrected chi connectivity index (χ4v) is 4.36. The van der Waals surface area contributed by atoms with E-state index in [0.717, 1.165) is 18.5 Å². The summed E-state index contributed by atoms with van der Waals surface area (Å²) in [5.41, 5.74) is 1.51. The summed E-state index contributed by atoms with van der Waals surface area (Å²) < 4.78 is 31.3. The Morgan fingerprint density at radius 3 is 2.43 bits per heavy atom. The molecule has 1 saturated carbocycles.